The van der Waals surface area contributed by atoms with Gasteiger partial charge in [0.25, 0.3) is 0 Å². The predicted octanol–water partition coefficient (Wildman–Crippen LogP) is 5.08. The topological polar surface area (TPSA) is 46.2 Å². The summed E-state index contributed by atoms with van der Waals surface area (Å²) in [6.07, 6.45) is 15.7. The maximum Gasteiger partial charge on any atom is 0.106 e. The van der Waals surface area contributed by atoms with Crippen LogP contribution in [0.2, 0.25) is 0 Å². The van der Waals surface area contributed by atoms with E-state index < -0.39 is 6.23 Å². The zero-order valence-corrected chi connectivity index (χ0v) is 13.8. The summed E-state index contributed by atoms with van der Waals surface area (Å²) >= 11 is 0. The molecule has 0 saturated carbocycles. The van der Waals surface area contributed by atoms with Crippen LogP contribution in [0.3, 0.4) is 0 Å². The highest BCUT2D eigenvalue weighted by atomic mass is 16.3. The van der Waals surface area contributed by atoms with Crippen LogP contribution in [-0.4, -0.2) is 11.3 Å². The quantitative estimate of drug-likeness (QED) is 0.388. The van der Waals surface area contributed by atoms with Crippen molar-refractivity contribution >= 4 is 0 Å². The second-order valence-electron chi connectivity index (χ2n) is 5.56. The molecule has 118 valence electrons. The minimum atomic E-state index is -0.653. The first-order valence-electron chi connectivity index (χ1n) is 8.44. The van der Waals surface area contributed by atoms with Gasteiger partial charge in [-0.05, 0) is 44.9 Å². The third-order valence-electron chi connectivity index (χ3n) is 3.72. The lowest BCUT2D eigenvalue weighted by Gasteiger charge is -2.20. The summed E-state index contributed by atoms with van der Waals surface area (Å²) in [5.74, 6) is 0. The van der Waals surface area contributed by atoms with Gasteiger partial charge in [-0.15, -0.1) is 0 Å². The molecule has 1 atom stereocenters. The van der Waals surface area contributed by atoms with E-state index in [0.29, 0.717) is 6.42 Å². The molecule has 0 saturated heterocycles. The van der Waals surface area contributed by atoms with Crippen molar-refractivity contribution in [2.75, 3.05) is 0 Å². The Morgan fingerprint density at radius 2 is 1.75 bits per heavy atom. The fraction of sp³-hybridized carbons (Fsp3) is 0.778. The van der Waals surface area contributed by atoms with Crippen molar-refractivity contribution in [3.63, 3.8) is 0 Å². The fourth-order valence-electron chi connectivity index (χ4n) is 2.56. The number of rotatable bonds is 7. The van der Waals surface area contributed by atoms with Crippen LogP contribution in [0.25, 0.3) is 0 Å². The van der Waals surface area contributed by atoms with Crippen LogP contribution in [-0.2, 0) is 0 Å². The van der Waals surface area contributed by atoms with Crippen LogP contribution >= 0.6 is 0 Å². The molecule has 0 bridgehead atoms. The molecule has 0 radical (unpaired) electrons. The summed E-state index contributed by atoms with van der Waals surface area (Å²) in [5.41, 5.74) is 8.31. The lowest BCUT2D eigenvalue weighted by Crippen LogP contribution is -2.20. The SMILES string of the molecule is CC/C=C\CCCC.CCC1=C(CC(N)O)CCCC1. The summed E-state index contributed by atoms with van der Waals surface area (Å²) in [6, 6.07) is 0. The van der Waals surface area contributed by atoms with Crippen LogP contribution < -0.4 is 5.73 Å². The molecule has 3 N–H and O–H groups in total. The summed E-state index contributed by atoms with van der Waals surface area (Å²) in [7, 11) is 0. The highest BCUT2D eigenvalue weighted by Crippen LogP contribution is 2.28. The molecule has 0 fully saturated rings. The molecule has 2 nitrogen and oxygen atoms in total. The molecule has 2 heteroatoms. The lowest BCUT2D eigenvalue weighted by atomic mass is 9.88. The Morgan fingerprint density at radius 3 is 2.25 bits per heavy atom. The van der Waals surface area contributed by atoms with E-state index in [1.54, 1.807) is 0 Å². The van der Waals surface area contributed by atoms with E-state index in [1.807, 2.05) is 0 Å². The van der Waals surface area contributed by atoms with Gasteiger partial charge in [0.05, 0.1) is 0 Å². The molecule has 1 rings (SSSR count). The van der Waals surface area contributed by atoms with Gasteiger partial charge in [-0.3, -0.25) is 0 Å². The van der Waals surface area contributed by atoms with Crippen molar-refractivity contribution in [3.05, 3.63) is 23.3 Å². The first-order valence-corrected chi connectivity index (χ1v) is 8.44. The van der Waals surface area contributed by atoms with E-state index >= 15 is 0 Å². The highest BCUT2D eigenvalue weighted by molar-refractivity contribution is 5.17. The molecule has 0 amide bonds. The molecule has 0 heterocycles. The van der Waals surface area contributed by atoms with Crippen molar-refractivity contribution in [1.29, 1.82) is 0 Å². The summed E-state index contributed by atoms with van der Waals surface area (Å²) in [6.45, 7) is 6.58. The summed E-state index contributed by atoms with van der Waals surface area (Å²) in [4.78, 5) is 0. The van der Waals surface area contributed by atoms with Gasteiger partial charge < -0.3 is 10.8 Å². The van der Waals surface area contributed by atoms with Gasteiger partial charge in [0.2, 0.25) is 0 Å². The van der Waals surface area contributed by atoms with E-state index in [9.17, 15) is 0 Å². The van der Waals surface area contributed by atoms with Gasteiger partial charge >= 0.3 is 0 Å². The summed E-state index contributed by atoms with van der Waals surface area (Å²) < 4.78 is 0. The minimum absolute atomic E-state index is 0.653. The second kappa shape index (κ2) is 13.4. The lowest BCUT2D eigenvalue weighted by molar-refractivity contribution is 0.180. The molecule has 0 aromatic rings. The molecule has 1 unspecified atom stereocenters. The average molecular weight is 281 g/mol. The number of nitrogens with two attached hydrogens (primary N) is 1. The van der Waals surface area contributed by atoms with Gasteiger partial charge in [-0.25, -0.2) is 0 Å². The van der Waals surface area contributed by atoms with E-state index in [4.69, 9.17) is 10.8 Å². The highest BCUT2D eigenvalue weighted by Gasteiger charge is 2.12. The van der Waals surface area contributed by atoms with Gasteiger partial charge in [0, 0.05) is 6.42 Å². The monoisotopic (exact) mass is 281 g/mol. The zero-order chi connectivity index (χ0) is 15.2. The standard InChI is InChI=1S/C10H19NO.C8H16/c1-2-8-5-3-4-6-9(8)7-10(11)12;1-3-5-7-8-6-4-2/h10,12H,2-7,11H2,1H3;5,7H,3-4,6,8H2,1-2H3/b;7-5-. The number of unbranched alkanes of at least 4 members (excludes halogenated alkanes) is 2. The number of allylic oxidation sites excluding steroid dienone is 3. The molecular formula is C18H35NO. The number of hydrogen-bond acceptors (Lipinski definition) is 2. The van der Waals surface area contributed by atoms with Crippen LogP contribution in [0, 0.1) is 0 Å². The molecule has 0 aromatic carbocycles. The van der Waals surface area contributed by atoms with Gasteiger partial charge in [0.15, 0.2) is 0 Å². The largest absolute Gasteiger partial charge is 0.379 e. The number of aliphatic hydroxyl groups excluding tert-OH is 1. The van der Waals surface area contributed by atoms with Crippen LogP contribution in [0.5, 0.6) is 0 Å². The Labute approximate surface area is 126 Å². The van der Waals surface area contributed by atoms with Crippen LogP contribution in [0.1, 0.15) is 85.0 Å². The third-order valence-corrected chi connectivity index (χ3v) is 3.72. The van der Waals surface area contributed by atoms with Gasteiger partial charge in [-0.1, -0.05) is 56.9 Å². The van der Waals surface area contributed by atoms with Gasteiger partial charge in [0.1, 0.15) is 6.23 Å². The first-order chi connectivity index (χ1) is 9.65. The molecule has 1 aliphatic rings. The van der Waals surface area contributed by atoms with Crippen molar-refractivity contribution in [2.24, 2.45) is 5.73 Å². The molecule has 0 aliphatic heterocycles. The Hall–Kier alpha value is -0.600. The Bertz CT molecular complexity index is 279. The van der Waals surface area contributed by atoms with Crippen LogP contribution in [0.15, 0.2) is 23.3 Å². The maximum atomic E-state index is 9.06. The van der Waals surface area contributed by atoms with Crippen molar-refractivity contribution in [1.82, 2.24) is 0 Å². The Morgan fingerprint density at radius 1 is 1.10 bits per heavy atom. The molecule has 0 spiro atoms. The minimum Gasteiger partial charge on any atom is -0.379 e. The third kappa shape index (κ3) is 10.2. The Kier molecular flexibility index (Phi) is 13.0. The average Bonchev–Trinajstić information content (AvgIpc) is 2.44. The van der Waals surface area contributed by atoms with Crippen molar-refractivity contribution in [2.45, 2.75) is 91.2 Å². The fourth-order valence-corrected chi connectivity index (χ4v) is 2.56. The predicted molar refractivity (Wildman–Crippen MR) is 89.6 cm³/mol. The molecular weight excluding hydrogens is 246 g/mol. The smallest absolute Gasteiger partial charge is 0.106 e. The maximum absolute atomic E-state index is 9.06. The number of hydrogen-bond donors (Lipinski definition) is 2. The second-order valence-corrected chi connectivity index (χ2v) is 5.56. The van der Waals surface area contributed by atoms with Crippen LogP contribution in [0.4, 0.5) is 0 Å². The van der Waals surface area contributed by atoms with E-state index in [1.165, 1.54) is 56.1 Å². The van der Waals surface area contributed by atoms with Crippen molar-refractivity contribution < 1.29 is 5.11 Å². The zero-order valence-electron chi connectivity index (χ0n) is 13.8. The normalized spacial score (nSPS) is 17.1. The Balaban J connectivity index is 0.000000396. The number of aliphatic hydroxyl groups is 1. The van der Waals surface area contributed by atoms with Gasteiger partial charge in [-0.2, -0.15) is 0 Å². The summed E-state index contributed by atoms with van der Waals surface area (Å²) in [5, 5.41) is 9.06. The molecule has 1 aliphatic carbocycles. The van der Waals surface area contributed by atoms with E-state index in [-0.39, 0.29) is 0 Å². The van der Waals surface area contributed by atoms with Crippen molar-refractivity contribution in [3.8, 4) is 0 Å². The molecule has 20 heavy (non-hydrogen) atoms. The molecule has 0 aromatic heterocycles. The van der Waals surface area contributed by atoms with E-state index in [2.05, 4.69) is 32.9 Å². The first kappa shape index (κ1) is 19.4. The van der Waals surface area contributed by atoms with E-state index in [0.717, 1.165) is 12.8 Å².